The third-order valence-corrected chi connectivity index (χ3v) is 1.34. The molecule has 0 spiro atoms. The van der Waals surface area contributed by atoms with Gasteiger partial charge in [0, 0.05) is 11.9 Å². The first-order chi connectivity index (χ1) is 5.20. The van der Waals surface area contributed by atoms with Gasteiger partial charge in [-0.05, 0) is 25.5 Å². The van der Waals surface area contributed by atoms with Gasteiger partial charge in [0.25, 0.3) is 0 Å². The predicted molar refractivity (Wildman–Crippen MR) is 47.4 cm³/mol. The van der Waals surface area contributed by atoms with Gasteiger partial charge in [0.15, 0.2) is 0 Å². The van der Waals surface area contributed by atoms with Crippen molar-refractivity contribution in [1.82, 2.24) is 4.98 Å². The molecule has 58 valence electrons. The van der Waals surface area contributed by atoms with E-state index in [0.29, 0.717) is 0 Å². The highest BCUT2D eigenvalue weighted by Crippen LogP contribution is 2.10. The third kappa shape index (κ3) is 2.08. The molecule has 0 saturated heterocycles. The number of allylic oxidation sites excluding steroid dienone is 1. The maximum Gasteiger partial charge on any atom is 0.132 e. The fraction of sp³-hybridized carbons (Fsp3) is 0.222. The molecule has 11 heavy (non-hydrogen) atoms. The number of rotatable bonds is 2. The zero-order valence-corrected chi connectivity index (χ0v) is 6.89. The van der Waals surface area contributed by atoms with Crippen LogP contribution in [-0.4, -0.2) is 4.98 Å². The van der Waals surface area contributed by atoms with Crippen molar-refractivity contribution in [3.05, 3.63) is 36.2 Å². The lowest BCUT2D eigenvalue weighted by molar-refractivity contribution is 1.22. The number of aryl methyl sites for hydroxylation is 1. The molecule has 1 aromatic rings. The number of aromatic nitrogens is 1. The zero-order chi connectivity index (χ0) is 8.27. The van der Waals surface area contributed by atoms with E-state index in [1.165, 1.54) is 0 Å². The van der Waals surface area contributed by atoms with Crippen molar-refractivity contribution in [3.8, 4) is 0 Å². The molecule has 1 rings (SSSR count). The van der Waals surface area contributed by atoms with E-state index in [4.69, 9.17) is 0 Å². The third-order valence-electron chi connectivity index (χ3n) is 1.34. The quantitative estimate of drug-likeness (QED) is 0.696. The van der Waals surface area contributed by atoms with Crippen LogP contribution in [0.1, 0.15) is 12.5 Å². The molecule has 1 heterocycles. The predicted octanol–water partition coefficient (Wildman–Crippen LogP) is 2.34. The Hall–Kier alpha value is -1.31. The Labute approximate surface area is 67.0 Å². The van der Waals surface area contributed by atoms with Gasteiger partial charge in [-0.1, -0.05) is 12.6 Å². The van der Waals surface area contributed by atoms with Crippen LogP contribution in [-0.2, 0) is 0 Å². The van der Waals surface area contributed by atoms with Crippen LogP contribution in [0.3, 0.4) is 0 Å². The van der Waals surface area contributed by atoms with Crippen molar-refractivity contribution >= 4 is 5.82 Å². The summed E-state index contributed by atoms with van der Waals surface area (Å²) in [6, 6.07) is 3.93. The lowest BCUT2D eigenvalue weighted by Gasteiger charge is -2.05. The van der Waals surface area contributed by atoms with E-state index in [1.807, 2.05) is 26.0 Å². The van der Waals surface area contributed by atoms with Gasteiger partial charge in [0.1, 0.15) is 5.82 Å². The van der Waals surface area contributed by atoms with Crippen LogP contribution in [0.5, 0.6) is 0 Å². The summed E-state index contributed by atoms with van der Waals surface area (Å²) in [4.78, 5) is 4.15. The summed E-state index contributed by atoms with van der Waals surface area (Å²) in [5.74, 6) is 0.889. The van der Waals surface area contributed by atoms with Gasteiger partial charge in [-0.25, -0.2) is 4.98 Å². The Bertz CT molecular complexity index is 266. The second kappa shape index (κ2) is 3.19. The Morgan fingerprint density at radius 3 is 2.91 bits per heavy atom. The Kier molecular flexibility index (Phi) is 2.26. The van der Waals surface area contributed by atoms with Crippen molar-refractivity contribution < 1.29 is 0 Å². The van der Waals surface area contributed by atoms with E-state index in [9.17, 15) is 0 Å². The second-order valence-corrected chi connectivity index (χ2v) is 2.57. The van der Waals surface area contributed by atoms with Crippen LogP contribution in [0.15, 0.2) is 30.6 Å². The number of nitrogens with one attached hydrogen (secondary N) is 1. The maximum atomic E-state index is 4.15. The van der Waals surface area contributed by atoms with Crippen LogP contribution in [0.4, 0.5) is 5.82 Å². The Morgan fingerprint density at radius 1 is 1.64 bits per heavy atom. The standard InChI is InChI=1S/C9H12N2/c1-7(2)11-9-8(3)5-4-6-10-9/h4-6H,1H2,2-3H3,(H,10,11). The summed E-state index contributed by atoms with van der Waals surface area (Å²) in [6.07, 6.45) is 1.76. The summed E-state index contributed by atoms with van der Waals surface area (Å²) >= 11 is 0. The molecule has 0 fully saturated rings. The minimum absolute atomic E-state index is 0.889. The number of nitrogens with zero attached hydrogens (tertiary/aromatic N) is 1. The molecular formula is C9H12N2. The van der Waals surface area contributed by atoms with Crippen molar-refractivity contribution in [3.63, 3.8) is 0 Å². The summed E-state index contributed by atoms with van der Waals surface area (Å²) in [5.41, 5.74) is 2.04. The average Bonchev–Trinajstić information content (AvgIpc) is 1.93. The molecule has 0 unspecified atom stereocenters. The normalized spacial score (nSPS) is 9.27. The largest absolute Gasteiger partial charge is 0.344 e. The van der Waals surface area contributed by atoms with Gasteiger partial charge in [-0.3, -0.25) is 0 Å². The molecule has 0 aromatic carbocycles. The van der Waals surface area contributed by atoms with Crippen LogP contribution < -0.4 is 5.32 Å². The first-order valence-electron chi connectivity index (χ1n) is 3.54. The van der Waals surface area contributed by atoms with E-state index in [0.717, 1.165) is 17.1 Å². The van der Waals surface area contributed by atoms with E-state index in [1.54, 1.807) is 6.20 Å². The molecule has 2 heteroatoms. The Morgan fingerprint density at radius 2 is 2.36 bits per heavy atom. The molecule has 0 aliphatic carbocycles. The highest BCUT2D eigenvalue weighted by atomic mass is 15.0. The monoisotopic (exact) mass is 148 g/mol. The minimum Gasteiger partial charge on any atom is -0.344 e. The molecule has 0 aliphatic heterocycles. The van der Waals surface area contributed by atoms with Gasteiger partial charge in [0.2, 0.25) is 0 Å². The highest BCUT2D eigenvalue weighted by molar-refractivity contribution is 5.46. The smallest absolute Gasteiger partial charge is 0.132 e. The number of anilines is 1. The van der Waals surface area contributed by atoms with Gasteiger partial charge in [-0.2, -0.15) is 0 Å². The van der Waals surface area contributed by atoms with Crippen molar-refractivity contribution in [2.45, 2.75) is 13.8 Å². The lowest BCUT2D eigenvalue weighted by Crippen LogP contribution is -1.97. The van der Waals surface area contributed by atoms with Crippen molar-refractivity contribution in [2.24, 2.45) is 0 Å². The molecule has 1 N–H and O–H groups in total. The summed E-state index contributed by atoms with van der Waals surface area (Å²) in [6.45, 7) is 7.66. The molecule has 0 atom stereocenters. The van der Waals surface area contributed by atoms with Crippen molar-refractivity contribution in [1.29, 1.82) is 0 Å². The number of hydrogen-bond donors (Lipinski definition) is 1. The molecular weight excluding hydrogens is 136 g/mol. The van der Waals surface area contributed by atoms with Gasteiger partial charge in [-0.15, -0.1) is 0 Å². The fourth-order valence-electron chi connectivity index (χ4n) is 0.819. The van der Waals surface area contributed by atoms with Crippen LogP contribution in [0, 0.1) is 6.92 Å². The summed E-state index contributed by atoms with van der Waals surface area (Å²) < 4.78 is 0. The fourth-order valence-corrected chi connectivity index (χ4v) is 0.819. The number of hydrogen-bond acceptors (Lipinski definition) is 2. The zero-order valence-electron chi connectivity index (χ0n) is 6.89. The number of pyridine rings is 1. The topological polar surface area (TPSA) is 24.9 Å². The first-order valence-corrected chi connectivity index (χ1v) is 3.54. The molecule has 0 saturated carbocycles. The van der Waals surface area contributed by atoms with Crippen LogP contribution >= 0.6 is 0 Å². The molecule has 1 aromatic heterocycles. The SMILES string of the molecule is C=C(C)Nc1ncccc1C. The molecule has 2 nitrogen and oxygen atoms in total. The summed E-state index contributed by atoms with van der Waals surface area (Å²) in [7, 11) is 0. The summed E-state index contributed by atoms with van der Waals surface area (Å²) in [5, 5.41) is 3.07. The lowest BCUT2D eigenvalue weighted by atomic mass is 10.3. The average molecular weight is 148 g/mol. The maximum absolute atomic E-state index is 4.15. The van der Waals surface area contributed by atoms with E-state index >= 15 is 0 Å². The molecule has 0 radical (unpaired) electrons. The molecule has 0 amide bonds. The van der Waals surface area contributed by atoms with Crippen LogP contribution in [0.2, 0.25) is 0 Å². The highest BCUT2D eigenvalue weighted by Gasteiger charge is 1.95. The van der Waals surface area contributed by atoms with E-state index < -0.39 is 0 Å². The minimum atomic E-state index is 0.889. The molecule has 0 bridgehead atoms. The van der Waals surface area contributed by atoms with E-state index in [2.05, 4.69) is 16.9 Å². The Balaban J connectivity index is 2.86. The first kappa shape index (κ1) is 7.79. The van der Waals surface area contributed by atoms with Crippen molar-refractivity contribution in [2.75, 3.05) is 5.32 Å². The van der Waals surface area contributed by atoms with Gasteiger partial charge in [0.05, 0.1) is 0 Å². The molecule has 0 aliphatic rings. The van der Waals surface area contributed by atoms with E-state index in [-0.39, 0.29) is 0 Å². The second-order valence-electron chi connectivity index (χ2n) is 2.57. The van der Waals surface area contributed by atoms with Gasteiger partial charge >= 0.3 is 0 Å². The van der Waals surface area contributed by atoms with Crippen LogP contribution in [0.25, 0.3) is 0 Å². The van der Waals surface area contributed by atoms with Gasteiger partial charge < -0.3 is 5.32 Å².